The van der Waals surface area contributed by atoms with Gasteiger partial charge in [-0.15, -0.1) is 0 Å². The Morgan fingerprint density at radius 3 is 2.75 bits per heavy atom. The van der Waals surface area contributed by atoms with Crippen LogP contribution in [0.2, 0.25) is 0 Å². The average molecular weight is 343 g/mol. The third kappa shape index (κ3) is 3.59. The number of carbonyl (C=O) groups excluding carboxylic acids is 1. The molecule has 2 heterocycles. The Hall–Kier alpha value is -1.55. The summed E-state index contributed by atoms with van der Waals surface area (Å²) in [5.41, 5.74) is 4.65. The Kier molecular flexibility index (Phi) is 5.14. The molecular weight excluding hydrogens is 316 g/mol. The number of carbonyl (C=O) groups is 1. The largest absolute Gasteiger partial charge is 0.342 e. The lowest BCUT2D eigenvalue weighted by Gasteiger charge is -2.30. The van der Waals surface area contributed by atoms with Gasteiger partial charge in [-0.1, -0.05) is 30.8 Å². The molecule has 0 saturated carbocycles. The van der Waals surface area contributed by atoms with Crippen LogP contribution in [0.5, 0.6) is 0 Å². The second-order valence-corrected chi connectivity index (χ2v) is 8.05. The van der Waals surface area contributed by atoms with Crippen molar-refractivity contribution in [3.05, 3.63) is 34.9 Å². The van der Waals surface area contributed by atoms with Crippen LogP contribution in [0, 0.1) is 26.7 Å². The highest BCUT2D eigenvalue weighted by Crippen LogP contribution is 2.28. The maximum absolute atomic E-state index is 12.5. The Bertz CT molecular complexity index is 772. The van der Waals surface area contributed by atoms with Gasteiger partial charge in [0.25, 0.3) is 0 Å². The lowest BCUT2D eigenvalue weighted by molar-refractivity contribution is -0.130. The third-order valence-electron chi connectivity index (χ3n) is 4.89. The Labute approximate surface area is 148 Å². The lowest BCUT2D eigenvalue weighted by atomic mass is 10.0. The van der Waals surface area contributed by atoms with E-state index in [0.29, 0.717) is 11.7 Å². The molecule has 0 unspecified atom stereocenters. The summed E-state index contributed by atoms with van der Waals surface area (Å²) in [5, 5.41) is 2.20. The first-order chi connectivity index (χ1) is 11.5. The SMILES string of the molecule is Cc1cc2c(C)ccc(C)c2nc1SCC(=O)N1CCC[C@H](C)C1. The van der Waals surface area contributed by atoms with Crippen molar-refractivity contribution in [3.8, 4) is 0 Å². The zero-order valence-corrected chi connectivity index (χ0v) is 15.9. The van der Waals surface area contributed by atoms with E-state index in [1.165, 1.54) is 22.9 Å². The predicted molar refractivity (Wildman–Crippen MR) is 102 cm³/mol. The minimum atomic E-state index is 0.244. The maximum Gasteiger partial charge on any atom is 0.232 e. The second kappa shape index (κ2) is 7.14. The van der Waals surface area contributed by atoms with Gasteiger partial charge in [-0.05, 0) is 62.3 Å². The van der Waals surface area contributed by atoms with Crippen LogP contribution < -0.4 is 0 Å². The molecule has 1 saturated heterocycles. The van der Waals surface area contributed by atoms with Crippen molar-refractivity contribution in [1.29, 1.82) is 0 Å². The molecule has 1 amide bonds. The number of benzene rings is 1. The van der Waals surface area contributed by atoms with Crippen molar-refractivity contribution in [2.75, 3.05) is 18.8 Å². The molecule has 1 aliphatic rings. The number of piperidine rings is 1. The molecule has 1 fully saturated rings. The van der Waals surface area contributed by atoms with Gasteiger partial charge >= 0.3 is 0 Å². The van der Waals surface area contributed by atoms with E-state index in [4.69, 9.17) is 4.98 Å². The van der Waals surface area contributed by atoms with Gasteiger partial charge in [-0.3, -0.25) is 4.79 Å². The number of aryl methyl sites for hydroxylation is 3. The van der Waals surface area contributed by atoms with E-state index in [1.807, 2.05) is 4.90 Å². The summed E-state index contributed by atoms with van der Waals surface area (Å²) < 4.78 is 0. The standard InChI is InChI=1S/C20H26N2OS/c1-13-6-5-9-22(11-13)18(23)12-24-20-16(4)10-17-14(2)7-8-15(3)19(17)21-20/h7-8,10,13H,5-6,9,11-12H2,1-4H3/t13-/m0/s1. The van der Waals surface area contributed by atoms with Crippen LogP contribution in [0.4, 0.5) is 0 Å². The van der Waals surface area contributed by atoms with Gasteiger partial charge in [0.05, 0.1) is 11.3 Å². The molecule has 24 heavy (non-hydrogen) atoms. The molecule has 2 aromatic rings. The molecule has 1 atom stereocenters. The molecule has 0 aliphatic carbocycles. The van der Waals surface area contributed by atoms with Gasteiger partial charge in [0, 0.05) is 18.5 Å². The number of hydrogen-bond donors (Lipinski definition) is 0. The van der Waals surface area contributed by atoms with Crippen molar-refractivity contribution in [1.82, 2.24) is 9.88 Å². The number of pyridine rings is 1. The quantitative estimate of drug-likeness (QED) is 0.770. The molecule has 1 aromatic heterocycles. The molecule has 0 bridgehead atoms. The van der Waals surface area contributed by atoms with E-state index in [1.54, 1.807) is 11.8 Å². The normalized spacial score (nSPS) is 18.2. The van der Waals surface area contributed by atoms with E-state index in [0.717, 1.165) is 35.6 Å². The summed E-state index contributed by atoms with van der Waals surface area (Å²) in [7, 11) is 0. The predicted octanol–water partition coefficient (Wildman–Crippen LogP) is 4.51. The summed E-state index contributed by atoms with van der Waals surface area (Å²) >= 11 is 1.58. The fraction of sp³-hybridized carbons (Fsp3) is 0.500. The number of hydrogen-bond acceptors (Lipinski definition) is 3. The summed E-state index contributed by atoms with van der Waals surface area (Å²) in [5.74, 6) is 1.35. The highest BCUT2D eigenvalue weighted by atomic mass is 32.2. The fourth-order valence-corrected chi connectivity index (χ4v) is 4.29. The summed E-state index contributed by atoms with van der Waals surface area (Å²) in [6.07, 6.45) is 2.37. The van der Waals surface area contributed by atoms with E-state index < -0.39 is 0 Å². The Morgan fingerprint density at radius 2 is 2.00 bits per heavy atom. The minimum absolute atomic E-state index is 0.244. The third-order valence-corrected chi connectivity index (χ3v) is 5.97. The van der Waals surface area contributed by atoms with Crippen LogP contribution in [0.15, 0.2) is 23.2 Å². The maximum atomic E-state index is 12.5. The van der Waals surface area contributed by atoms with Crippen molar-refractivity contribution >= 4 is 28.6 Å². The summed E-state index contributed by atoms with van der Waals surface area (Å²) in [4.78, 5) is 19.4. The Morgan fingerprint density at radius 1 is 1.25 bits per heavy atom. The molecule has 3 rings (SSSR count). The molecule has 4 heteroatoms. The number of fused-ring (bicyclic) bond motifs is 1. The number of nitrogens with zero attached hydrogens (tertiary/aromatic N) is 2. The number of rotatable bonds is 3. The van der Waals surface area contributed by atoms with Crippen LogP contribution in [0.1, 0.15) is 36.5 Å². The molecule has 1 aliphatic heterocycles. The number of amides is 1. The first-order valence-corrected chi connectivity index (χ1v) is 9.72. The van der Waals surface area contributed by atoms with Crippen molar-refractivity contribution in [2.45, 2.75) is 45.6 Å². The monoisotopic (exact) mass is 342 g/mol. The van der Waals surface area contributed by atoms with E-state index in [-0.39, 0.29) is 5.91 Å². The average Bonchev–Trinajstić information content (AvgIpc) is 2.56. The second-order valence-electron chi connectivity index (χ2n) is 7.08. The topological polar surface area (TPSA) is 33.2 Å². The fourth-order valence-electron chi connectivity index (χ4n) is 3.40. The van der Waals surface area contributed by atoms with Crippen LogP contribution in [0.3, 0.4) is 0 Å². The summed E-state index contributed by atoms with van der Waals surface area (Å²) in [6.45, 7) is 10.3. The highest BCUT2D eigenvalue weighted by Gasteiger charge is 2.21. The van der Waals surface area contributed by atoms with Gasteiger partial charge in [0.2, 0.25) is 5.91 Å². The minimum Gasteiger partial charge on any atom is -0.342 e. The van der Waals surface area contributed by atoms with Crippen LogP contribution in [0.25, 0.3) is 10.9 Å². The van der Waals surface area contributed by atoms with E-state index >= 15 is 0 Å². The molecule has 128 valence electrons. The van der Waals surface area contributed by atoms with Gasteiger partial charge in [-0.25, -0.2) is 4.98 Å². The number of likely N-dealkylation sites (tertiary alicyclic amines) is 1. The van der Waals surface area contributed by atoms with E-state index in [2.05, 4.69) is 45.9 Å². The lowest BCUT2D eigenvalue weighted by Crippen LogP contribution is -2.40. The first-order valence-electron chi connectivity index (χ1n) is 8.74. The van der Waals surface area contributed by atoms with Crippen LogP contribution >= 0.6 is 11.8 Å². The van der Waals surface area contributed by atoms with Crippen molar-refractivity contribution in [2.24, 2.45) is 5.92 Å². The molecular formula is C20H26N2OS. The van der Waals surface area contributed by atoms with Crippen molar-refractivity contribution < 1.29 is 4.79 Å². The Balaban J connectivity index is 1.76. The van der Waals surface area contributed by atoms with Gasteiger partial charge < -0.3 is 4.90 Å². The van der Waals surface area contributed by atoms with E-state index in [9.17, 15) is 4.79 Å². The first kappa shape index (κ1) is 17.3. The summed E-state index contributed by atoms with van der Waals surface area (Å²) in [6, 6.07) is 6.47. The van der Waals surface area contributed by atoms with Gasteiger partial charge in [0.15, 0.2) is 0 Å². The molecule has 0 N–H and O–H groups in total. The molecule has 0 spiro atoms. The van der Waals surface area contributed by atoms with Gasteiger partial charge in [0.1, 0.15) is 5.03 Å². The molecule has 0 radical (unpaired) electrons. The zero-order valence-electron chi connectivity index (χ0n) is 15.1. The molecule has 1 aromatic carbocycles. The highest BCUT2D eigenvalue weighted by molar-refractivity contribution is 7.99. The smallest absolute Gasteiger partial charge is 0.232 e. The number of thioether (sulfide) groups is 1. The van der Waals surface area contributed by atoms with Crippen LogP contribution in [-0.2, 0) is 4.79 Å². The van der Waals surface area contributed by atoms with Gasteiger partial charge in [-0.2, -0.15) is 0 Å². The zero-order chi connectivity index (χ0) is 17.3. The number of aromatic nitrogens is 1. The molecule has 3 nitrogen and oxygen atoms in total. The van der Waals surface area contributed by atoms with Crippen LogP contribution in [-0.4, -0.2) is 34.6 Å². The van der Waals surface area contributed by atoms with Crippen molar-refractivity contribution in [3.63, 3.8) is 0 Å².